The van der Waals surface area contributed by atoms with Crippen LogP contribution in [0.15, 0.2) is 131 Å². The predicted octanol–water partition coefficient (Wildman–Crippen LogP) is 9.35. The summed E-state index contributed by atoms with van der Waals surface area (Å²) in [6.07, 6.45) is 0.733. The average Bonchev–Trinajstić information content (AvgIpc) is 3.60. The van der Waals surface area contributed by atoms with Gasteiger partial charge in [-0.3, -0.25) is 19.7 Å². The van der Waals surface area contributed by atoms with Gasteiger partial charge in [-0.15, -0.1) is 11.8 Å². The van der Waals surface area contributed by atoms with E-state index in [4.69, 9.17) is 16.3 Å². The largest absolute Gasteiger partial charge is 0.478 e. The number of morpholine rings is 1. The van der Waals surface area contributed by atoms with Gasteiger partial charge in [0.1, 0.15) is 5.69 Å². The summed E-state index contributed by atoms with van der Waals surface area (Å²) in [5, 5.41) is 26.7. The summed E-state index contributed by atoms with van der Waals surface area (Å²) < 4.78 is 37.4. The Kier molecular flexibility index (Phi) is 14.5. The number of nitro groups is 1. The quantitative estimate of drug-likeness (QED) is 0.0452. The van der Waals surface area contributed by atoms with E-state index in [2.05, 4.69) is 24.7 Å². The molecule has 2 aliphatic heterocycles. The number of thioether (sulfide) groups is 1. The summed E-state index contributed by atoms with van der Waals surface area (Å²) in [5.74, 6) is -0.332. The molecule has 0 spiro atoms. The van der Waals surface area contributed by atoms with E-state index in [0.29, 0.717) is 67.1 Å². The zero-order valence-corrected chi connectivity index (χ0v) is 39.1. The van der Waals surface area contributed by atoms with Crippen LogP contribution in [0.25, 0.3) is 22.4 Å². The molecule has 3 heterocycles. The molecule has 0 bridgehead atoms. The summed E-state index contributed by atoms with van der Waals surface area (Å²) in [6.45, 7) is 8.42. The molecule has 344 valence electrons. The Morgan fingerprint density at radius 3 is 2.20 bits per heavy atom. The zero-order chi connectivity index (χ0) is 46.4. The number of aromatic carboxylic acids is 1. The van der Waals surface area contributed by atoms with E-state index in [1.807, 2.05) is 97.4 Å². The van der Waals surface area contributed by atoms with Crippen molar-refractivity contribution in [2.45, 2.75) is 29.2 Å². The molecule has 1 aromatic heterocycles. The molecule has 0 radical (unpaired) electrons. The fraction of sp³-hybridized carbons (Fsp3) is 0.286. The maximum Gasteiger partial charge on any atom is 0.338 e. The minimum atomic E-state index is -4.18. The van der Waals surface area contributed by atoms with Crippen molar-refractivity contribution in [3.8, 4) is 22.4 Å². The third kappa shape index (κ3) is 10.8. The molecular formula is C49H52ClN7O7S2. The van der Waals surface area contributed by atoms with E-state index in [-0.39, 0.29) is 27.9 Å². The number of hydrogen-bond donors (Lipinski definition) is 3. The second-order valence-corrected chi connectivity index (χ2v) is 19.6. The van der Waals surface area contributed by atoms with Crippen molar-refractivity contribution in [1.29, 1.82) is 0 Å². The molecule has 0 amide bonds. The number of benzene rings is 5. The lowest BCUT2D eigenvalue weighted by Gasteiger charge is -2.37. The summed E-state index contributed by atoms with van der Waals surface area (Å²) >= 11 is 7.86. The van der Waals surface area contributed by atoms with Crippen molar-refractivity contribution >= 4 is 67.8 Å². The molecule has 2 fully saturated rings. The van der Waals surface area contributed by atoms with Crippen molar-refractivity contribution in [1.82, 2.24) is 9.47 Å². The van der Waals surface area contributed by atoms with Crippen LogP contribution < -0.4 is 19.8 Å². The molecule has 0 saturated carbocycles. The normalized spacial score (nSPS) is 15.1. The summed E-state index contributed by atoms with van der Waals surface area (Å²) in [5.41, 5.74) is 6.21. The number of halogens is 1. The maximum atomic E-state index is 13.7. The molecule has 2 aliphatic rings. The Balaban J connectivity index is 0.919. The number of aromatic nitrogens is 1. The summed E-state index contributed by atoms with van der Waals surface area (Å²) in [4.78, 5) is 32.2. The average molecular weight is 951 g/mol. The van der Waals surface area contributed by atoms with Gasteiger partial charge >= 0.3 is 5.97 Å². The molecular weight excluding hydrogens is 898 g/mol. The van der Waals surface area contributed by atoms with Crippen LogP contribution in [0.3, 0.4) is 0 Å². The Morgan fingerprint density at radius 1 is 0.848 bits per heavy atom. The second-order valence-electron chi connectivity index (χ2n) is 16.4. The Hall–Kier alpha value is -6.04. The standard InChI is InChI=1S/C49H52ClN7O7S2/c1-34-46(49(58)59)47(48(53(34)2)35-11-13-37(50)14-12-35)36-7-6-8-41(31-36)56-25-23-55(24-26-56)40-17-15-38(16-18-40)52-66(62,63)43-19-20-44(45(32-43)57(60)61)51-39(21-22-54-27-29-64-30-28-54)33-65-42-9-4-3-5-10-42/h3-20,31-32,39,51-52H,21-30,33H2,1-2H3,(H,58,59). The van der Waals surface area contributed by atoms with Crippen LogP contribution in [-0.2, 0) is 21.8 Å². The summed E-state index contributed by atoms with van der Waals surface area (Å²) in [7, 11) is -2.30. The first-order valence-corrected chi connectivity index (χ1v) is 24.6. The van der Waals surface area contributed by atoms with Crippen LogP contribution in [0.4, 0.5) is 28.4 Å². The Morgan fingerprint density at radius 2 is 1.53 bits per heavy atom. The molecule has 14 nitrogen and oxygen atoms in total. The summed E-state index contributed by atoms with van der Waals surface area (Å²) in [6, 6.07) is 36.3. The first-order chi connectivity index (χ1) is 31.8. The fourth-order valence-electron chi connectivity index (χ4n) is 8.57. The van der Waals surface area contributed by atoms with Crippen LogP contribution in [0, 0.1) is 17.0 Å². The van der Waals surface area contributed by atoms with Gasteiger partial charge in [0.25, 0.3) is 15.7 Å². The predicted molar refractivity (Wildman–Crippen MR) is 264 cm³/mol. The van der Waals surface area contributed by atoms with E-state index in [0.717, 1.165) is 65.2 Å². The molecule has 5 aromatic carbocycles. The molecule has 17 heteroatoms. The highest BCUT2D eigenvalue weighted by Gasteiger charge is 2.28. The van der Waals surface area contributed by atoms with Crippen LogP contribution in [0.5, 0.6) is 0 Å². The van der Waals surface area contributed by atoms with Gasteiger partial charge in [-0.05, 0) is 97.3 Å². The number of anilines is 4. The second kappa shape index (κ2) is 20.6. The number of carbonyl (C=O) groups is 1. The molecule has 66 heavy (non-hydrogen) atoms. The number of sulfonamides is 1. The van der Waals surface area contributed by atoms with E-state index in [1.165, 1.54) is 12.1 Å². The highest BCUT2D eigenvalue weighted by atomic mass is 35.5. The smallest absolute Gasteiger partial charge is 0.338 e. The van der Waals surface area contributed by atoms with Crippen molar-refractivity contribution in [2.75, 3.05) is 84.6 Å². The van der Waals surface area contributed by atoms with Gasteiger partial charge in [0.15, 0.2) is 0 Å². The van der Waals surface area contributed by atoms with E-state index in [9.17, 15) is 28.4 Å². The zero-order valence-electron chi connectivity index (χ0n) is 36.7. The molecule has 6 aromatic rings. The lowest BCUT2D eigenvalue weighted by Crippen LogP contribution is -2.46. The number of piperazine rings is 1. The highest BCUT2D eigenvalue weighted by molar-refractivity contribution is 7.99. The van der Waals surface area contributed by atoms with Crippen LogP contribution in [-0.4, -0.2) is 105 Å². The molecule has 1 atom stereocenters. The minimum Gasteiger partial charge on any atom is -0.478 e. The minimum absolute atomic E-state index is 0.127. The molecule has 8 rings (SSSR count). The molecule has 0 aliphatic carbocycles. The van der Waals surface area contributed by atoms with E-state index in [1.54, 1.807) is 36.0 Å². The van der Waals surface area contributed by atoms with Crippen molar-refractivity contribution in [3.05, 3.63) is 148 Å². The fourth-order valence-corrected chi connectivity index (χ4v) is 10.8. The number of nitro benzene ring substituents is 1. The number of carboxylic acid groups (broad SMARTS) is 1. The lowest BCUT2D eigenvalue weighted by molar-refractivity contribution is -0.384. The van der Waals surface area contributed by atoms with Gasteiger partial charge in [-0.1, -0.05) is 54.1 Å². The number of hydrogen-bond acceptors (Lipinski definition) is 11. The number of nitrogens with zero attached hydrogens (tertiary/aromatic N) is 5. The van der Waals surface area contributed by atoms with Gasteiger partial charge in [-0.2, -0.15) is 0 Å². The van der Waals surface area contributed by atoms with E-state index < -0.39 is 20.9 Å². The van der Waals surface area contributed by atoms with E-state index >= 15 is 0 Å². The van der Waals surface area contributed by atoms with Crippen molar-refractivity contribution in [2.24, 2.45) is 7.05 Å². The number of nitrogens with one attached hydrogen (secondary N) is 2. The lowest BCUT2D eigenvalue weighted by atomic mass is 9.96. The Labute approximate surface area is 394 Å². The maximum absolute atomic E-state index is 13.7. The number of carboxylic acids is 1. The molecule has 2 saturated heterocycles. The van der Waals surface area contributed by atoms with Gasteiger partial charge < -0.3 is 29.5 Å². The third-order valence-corrected chi connectivity index (χ3v) is 15.0. The SMILES string of the molecule is Cc1c(C(=O)O)c(-c2cccc(N3CCN(c4ccc(NS(=O)(=O)c5ccc(NC(CCN6CCOCC6)CSc6ccccc6)c([N+](=O)[O-])c5)cc4)CC3)c2)c(-c2ccc(Cl)cc2)n1C. The van der Waals surface area contributed by atoms with Crippen LogP contribution in [0.1, 0.15) is 22.5 Å². The Bertz CT molecular complexity index is 2780. The van der Waals surface area contributed by atoms with Gasteiger partial charge in [0.05, 0.1) is 34.3 Å². The highest BCUT2D eigenvalue weighted by Crippen LogP contribution is 2.40. The van der Waals surface area contributed by atoms with Gasteiger partial charge in [0.2, 0.25) is 0 Å². The van der Waals surface area contributed by atoms with Crippen molar-refractivity contribution < 1.29 is 28.0 Å². The van der Waals surface area contributed by atoms with Crippen LogP contribution >= 0.6 is 23.4 Å². The first-order valence-electron chi connectivity index (χ1n) is 21.8. The molecule has 3 N–H and O–H groups in total. The van der Waals surface area contributed by atoms with Crippen LogP contribution in [0.2, 0.25) is 5.02 Å². The van der Waals surface area contributed by atoms with Crippen molar-refractivity contribution in [3.63, 3.8) is 0 Å². The van der Waals surface area contributed by atoms with Gasteiger partial charge in [-0.25, -0.2) is 13.2 Å². The topological polar surface area (TPSA) is 163 Å². The number of rotatable bonds is 17. The molecule has 1 unspecified atom stereocenters. The third-order valence-electron chi connectivity index (χ3n) is 12.2. The first kappa shape index (κ1) is 46.5. The number of ether oxygens (including phenoxy) is 1. The monoisotopic (exact) mass is 949 g/mol. The van der Waals surface area contributed by atoms with Gasteiger partial charge in [0, 0.05) is 109 Å².